The molecule has 4 aromatic rings. The minimum absolute atomic E-state index is 0.0386. The van der Waals surface area contributed by atoms with Gasteiger partial charge in [-0.15, -0.1) is 0 Å². The predicted octanol–water partition coefficient (Wildman–Crippen LogP) is 4.91. The fourth-order valence-electron chi connectivity index (χ4n) is 3.56. The number of fused-ring (bicyclic) bond motifs is 2. The Balaban J connectivity index is 1.71. The van der Waals surface area contributed by atoms with Gasteiger partial charge in [-0.25, -0.2) is 19.3 Å². The lowest BCUT2D eigenvalue weighted by molar-refractivity contribution is 0.0476. The van der Waals surface area contributed by atoms with Crippen molar-refractivity contribution in [3.8, 4) is 0 Å². The first-order valence-electron chi connectivity index (χ1n) is 10.3. The average Bonchev–Trinajstić information content (AvgIpc) is 3.14. The first kappa shape index (κ1) is 20.8. The third-order valence-corrected chi connectivity index (χ3v) is 5.23. The summed E-state index contributed by atoms with van der Waals surface area (Å²) in [7, 11) is 0. The van der Waals surface area contributed by atoms with Crippen LogP contribution in [0, 0.1) is 6.92 Å². The van der Waals surface area contributed by atoms with Gasteiger partial charge in [0, 0.05) is 28.8 Å². The molecule has 7 nitrogen and oxygen atoms in total. The first-order chi connectivity index (χ1) is 14.7. The largest absolute Gasteiger partial charge is 0.457 e. The van der Waals surface area contributed by atoms with Crippen molar-refractivity contribution in [2.75, 3.05) is 0 Å². The van der Waals surface area contributed by atoms with Crippen molar-refractivity contribution < 1.29 is 13.9 Å². The van der Waals surface area contributed by atoms with Crippen molar-refractivity contribution in [1.29, 1.82) is 0 Å². The molecule has 3 heterocycles. The standard InChI is InChI=1S/C24H25N3O4/c1-13(2)20-10-18(19-11-25-27(14(3)4)23(19)26-20)24(29)30-12-16-9-22(28)31-21-8-15(5)6-7-17(16)21/h6-11,13-14H,12H2,1-5H3. The zero-order valence-electron chi connectivity index (χ0n) is 18.3. The molecular weight excluding hydrogens is 394 g/mol. The fraction of sp³-hybridized carbons (Fsp3) is 0.333. The van der Waals surface area contributed by atoms with Crippen molar-refractivity contribution >= 4 is 28.0 Å². The smallest absolute Gasteiger partial charge is 0.339 e. The second kappa shape index (κ2) is 7.98. The van der Waals surface area contributed by atoms with E-state index in [4.69, 9.17) is 14.1 Å². The van der Waals surface area contributed by atoms with Crippen LogP contribution in [-0.4, -0.2) is 20.7 Å². The second-order valence-electron chi connectivity index (χ2n) is 8.34. The van der Waals surface area contributed by atoms with E-state index in [0.29, 0.717) is 27.7 Å². The topological polar surface area (TPSA) is 87.2 Å². The van der Waals surface area contributed by atoms with Crippen LogP contribution in [-0.2, 0) is 11.3 Å². The molecule has 0 unspecified atom stereocenters. The summed E-state index contributed by atoms with van der Waals surface area (Å²) < 4.78 is 12.7. The number of pyridine rings is 1. The van der Waals surface area contributed by atoms with E-state index < -0.39 is 11.6 Å². The molecule has 0 spiro atoms. The maximum Gasteiger partial charge on any atom is 0.339 e. The maximum atomic E-state index is 13.1. The Kier molecular flexibility index (Phi) is 5.35. The average molecular weight is 419 g/mol. The number of carbonyl (C=O) groups is 1. The zero-order valence-corrected chi connectivity index (χ0v) is 18.3. The van der Waals surface area contributed by atoms with E-state index in [1.165, 1.54) is 6.07 Å². The molecule has 0 aliphatic heterocycles. The van der Waals surface area contributed by atoms with Crippen molar-refractivity contribution in [1.82, 2.24) is 14.8 Å². The van der Waals surface area contributed by atoms with Gasteiger partial charge in [0.05, 0.1) is 17.1 Å². The van der Waals surface area contributed by atoms with Crippen LogP contribution < -0.4 is 5.63 Å². The number of carbonyl (C=O) groups excluding carboxylic acids is 1. The highest BCUT2D eigenvalue weighted by atomic mass is 16.5. The quantitative estimate of drug-likeness (QED) is 0.337. The van der Waals surface area contributed by atoms with Crippen molar-refractivity contribution in [3.63, 3.8) is 0 Å². The summed E-state index contributed by atoms with van der Waals surface area (Å²) >= 11 is 0. The van der Waals surface area contributed by atoms with E-state index >= 15 is 0 Å². The van der Waals surface area contributed by atoms with Crippen LogP contribution in [0.25, 0.3) is 22.0 Å². The first-order valence-corrected chi connectivity index (χ1v) is 10.3. The van der Waals surface area contributed by atoms with Crippen LogP contribution in [0.2, 0.25) is 0 Å². The third kappa shape index (κ3) is 3.95. The summed E-state index contributed by atoms with van der Waals surface area (Å²) in [5, 5.41) is 5.80. The van der Waals surface area contributed by atoms with Crippen LogP contribution in [0.15, 0.2) is 45.7 Å². The number of esters is 1. The summed E-state index contributed by atoms with van der Waals surface area (Å²) in [5.41, 5.74) is 3.46. The van der Waals surface area contributed by atoms with Gasteiger partial charge < -0.3 is 9.15 Å². The molecule has 0 N–H and O–H groups in total. The molecule has 0 aliphatic carbocycles. The molecular formula is C24H25N3O4. The summed E-state index contributed by atoms with van der Waals surface area (Å²) in [6.45, 7) is 9.96. The normalized spacial score (nSPS) is 11.7. The van der Waals surface area contributed by atoms with Crippen LogP contribution in [0.5, 0.6) is 0 Å². The molecule has 7 heteroatoms. The minimum Gasteiger partial charge on any atom is -0.457 e. The Morgan fingerprint density at radius 3 is 2.61 bits per heavy atom. The van der Waals surface area contributed by atoms with Crippen LogP contribution >= 0.6 is 0 Å². The number of nitrogens with zero attached hydrogens (tertiary/aromatic N) is 3. The number of aromatic nitrogens is 3. The van der Waals surface area contributed by atoms with E-state index in [0.717, 1.165) is 16.6 Å². The molecule has 0 fully saturated rings. The highest BCUT2D eigenvalue weighted by Crippen LogP contribution is 2.26. The number of aryl methyl sites for hydroxylation is 1. The van der Waals surface area contributed by atoms with E-state index in [9.17, 15) is 9.59 Å². The van der Waals surface area contributed by atoms with Crippen molar-refractivity contribution in [2.45, 2.75) is 53.2 Å². The molecule has 4 rings (SSSR count). The lowest BCUT2D eigenvalue weighted by atomic mass is 10.1. The molecule has 0 atom stereocenters. The van der Waals surface area contributed by atoms with Crippen molar-refractivity contribution in [2.24, 2.45) is 0 Å². The van der Waals surface area contributed by atoms with Gasteiger partial charge in [0.1, 0.15) is 12.2 Å². The number of hydrogen-bond donors (Lipinski definition) is 0. The minimum atomic E-state index is -0.480. The van der Waals surface area contributed by atoms with Gasteiger partial charge in [0.15, 0.2) is 5.65 Å². The summed E-state index contributed by atoms with van der Waals surface area (Å²) in [5.74, 6) is -0.344. The van der Waals surface area contributed by atoms with Gasteiger partial charge >= 0.3 is 11.6 Å². The van der Waals surface area contributed by atoms with E-state index in [2.05, 4.69) is 5.10 Å². The number of rotatable bonds is 5. The monoisotopic (exact) mass is 419 g/mol. The van der Waals surface area contributed by atoms with Crippen LogP contribution in [0.1, 0.15) is 66.8 Å². The Morgan fingerprint density at radius 2 is 1.90 bits per heavy atom. The SMILES string of the molecule is Cc1ccc2c(COC(=O)c3cc(C(C)C)nc4c3cnn4C(C)C)cc(=O)oc2c1. The number of benzene rings is 1. The lowest BCUT2D eigenvalue weighted by Crippen LogP contribution is -2.11. The predicted molar refractivity (Wildman–Crippen MR) is 118 cm³/mol. The van der Waals surface area contributed by atoms with Crippen LogP contribution in [0.4, 0.5) is 0 Å². The van der Waals surface area contributed by atoms with E-state index in [1.54, 1.807) is 23.0 Å². The summed E-state index contributed by atoms with van der Waals surface area (Å²) in [6.07, 6.45) is 1.65. The summed E-state index contributed by atoms with van der Waals surface area (Å²) in [6, 6.07) is 8.82. The second-order valence-corrected chi connectivity index (χ2v) is 8.34. The molecule has 0 saturated heterocycles. The molecule has 0 saturated carbocycles. The zero-order chi connectivity index (χ0) is 22.3. The number of hydrogen-bond acceptors (Lipinski definition) is 6. The van der Waals surface area contributed by atoms with Crippen molar-refractivity contribution in [3.05, 3.63) is 69.3 Å². The Labute approximate surface area is 179 Å². The Bertz CT molecular complexity index is 1350. The molecule has 0 radical (unpaired) electrons. The molecule has 3 aromatic heterocycles. The molecule has 0 bridgehead atoms. The molecule has 0 aliphatic rings. The van der Waals surface area contributed by atoms with Gasteiger partial charge in [-0.05, 0) is 44.4 Å². The lowest BCUT2D eigenvalue weighted by Gasteiger charge is -2.12. The van der Waals surface area contributed by atoms with Gasteiger partial charge in [-0.3, -0.25) is 0 Å². The van der Waals surface area contributed by atoms with E-state index in [-0.39, 0.29) is 18.6 Å². The fourth-order valence-corrected chi connectivity index (χ4v) is 3.56. The molecule has 0 amide bonds. The van der Waals surface area contributed by atoms with Gasteiger partial charge in [0.25, 0.3) is 0 Å². The van der Waals surface area contributed by atoms with Gasteiger partial charge in [0.2, 0.25) is 0 Å². The molecule has 160 valence electrons. The Morgan fingerprint density at radius 1 is 1.13 bits per heavy atom. The van der Waals surface area contributed by atoms with Gasteiger partial charge in [-0.2, -0.15) is 5.10 Å². The highest BCUT2D eigenvalue weighted by molar-refractivity contribution is 6.02. The Hall–Kier alpha value is -3.48. The maximum absolute atomic E-state index is 13.1. The molecule has 1 aromatic carbocycles. The number of ether oxygens (including phenoxy) is 1. The molecule has 31 heavy (non-hydrogen) atoms. The highest BCUT2D eigenvalue weighted by Gasteiger charge is 2.20. The van der Waals surface area contributed by atoms with E-state index in [1.807, 2.05) is 46.8 Å². The summed E-state index contributed by atoms with van der Waals surface area (Å²) in [4.78, 5) is 29.8. The third-order valence-electron chi connectivity index (χ3n) is 5.23. The van der Waals surface area contributed by atoms with Gasteiger partial charge in [-0.1, -0.05) is 26.0 Å². The van der Waals surface area contributed by atoms with Crippen LogP contribution in [0.3, 0.4) is 0 Å².